The van der Waals surface area contributed by atoms with E-state index in [1.807, 2.05) is 0 Å². The molecule has 0 aliphatic carbocycles. The van der Waals surface area contributed by atoms with Crippen LogP contribution in [0, 0.1) is 11.6 Å². The van der Waals surface area contributed by atoms with Gasteiger partial charge in [0.2, 0.25) is 0 Å². The minimum absolute atomic E-state index is 0.0887. The molecule has 0 saturated carbocycles. The molecule has 88 valence electrons. The molecule has 0 amide bonds. The van der Waals surface area contributed by atoms with Gasteiger partial charge in [0.1, 0.15) is 5.75 Å². The second-order valence-corrected chi connectivity index (χ2v) is 4.04. The van der Waals surface area contributed by atoms with E-state index in [1.54, 1.807) is 6.07 Å². The first kappa shape index (κ1) is 11.3. The van der Waals surface area contributed by atoms with Crippen LogP contribution in [0.25, 0.3) is 0 Å². The van der Waals surface area contributed by atoms with Crippen molar-refractivity contribution >= 4 is 0 Å². The largest absolute Gasteiger partial charge is 0.497 e. The van der Waals surface area contributed by atoms with Crippen molar-refractivity contribution in [2.75, 3.05) is 20.2 Å². The molecule has 0 bridgehead atoms. The highest BCUT2D eigenvalue weighted by Gasteiger charge is 2.21. The first-order chi connectivity index (χ1) is 7.72. The van der Waals surface area contributed by atoms with Gasteiger partial charge in [-0.15, -0.1) is 0 Å². The Kier molecular flexibility index (Phi) is 3.39. The van der Waals surface area contributed by atoms with Gasteiger partial charge in [0.25, 0.3) is 0 Å². The summed E-state index contributed by atoms with van der Waals surface area (Å²) in [6.45, 7) is 1.70. The molecule has 1 saturated heterocycles. The minimum Gasteiger partial charge on any atom is -0.497 e. The molecule has 1 aliphatic heterocycles. The van der Waals surface area contributed by atoms with E-state index >= 15 is 0 Å². The molecule has 1 N–H and O–H groups in total. The van der Waals surface area contributed by atoms with Gasteiger partial charge in [-0.1, -0.05) is 0 Å². The maximum Gasteiger partial charge on any atom is 0.162 e. The highest BCUT2D eigenvalue weighted by atomic mass is 19.2. The van der Waals surface area contributed by atoms with Gasteiger partial charge < -0.3 is 10.1 Å². The van der Waals surface area contributed by atoms with Gasteiger partial charge >= 0.3 is 0 Å². The summed E-state index contributed by atoms with van der Waals surface area (Å²) in [6, 6.07) is 2.69. The number of methoxy groups -OCH3 is 1. The molecule has 1 aliphatic rings. The third-order valence-corrected chi connectivity index (χ3v) is 3.04. The predicted octanol–water partition coefficient (Wildman–Crippen LogP) is 2.44. The van der Waals surface area contributed by atoms with Gasteiger partial charge in [0, 0.05) is 6.07 Å². The fourth-order valence-electron chi connectivity index (χ4n) is 2.13. The molecule has 4 heteroatoms. The molecule has 0 aromatic heterocycles. The van der Waals surface area contributed by atoms with Crippen LogP contribution in [0.2, 0.25) is 0 Å². The fraction of sp³-hybridized carbons (Fsp3) is 0.500. The Morgan fingerprint density at radius 3 is 2.56 bits per heavy atom. The lowest BCUT2D eigenvalue weighted by molar-refractivity contribution is 0.394. The van der Waals surface area contributed by atoms with E-state index in [0.717, 1.165) is 32.0 Å². The molecule has 2 rings (SSSR count). The van der Waals surface area contributed by atoms with E-state index in [0.29, 0.717) is 11.3 Å². The second-order valence-electron chi connectivity index (χ2n) is 4.04. The number of benzene rings is 1. The molecule has 0 spiro atoms. The van der Waals surface area contributed by atoms with Crippen LogP contribution in [-0.4, -0.2) is 20.2 Å². The zero-order chi connectivity index (χ0) is 11.5. The minimum atomic E-state index is -0.826. The third-order valence-electron chi connectivity index (χ3n) is 3.04. The summed E-state index contributed by atoms with van der Waals surface area (Å²) in [5.41, 5.74) is 0.443. The van der Waals surface area contributed by atoms with Gasteiger partial charge in [-0.25, -0.2) is 8.78 Å². The van der Waals surface area contributed by atoms with Gasteiger partial charge in [-0.2, -0.15) is 0 Å². The van der Waals surface area contributed by atoms with E-state index < -0.39 is 11.6 Å². The lowest BCUT2D eigenvalue weighted by Crippen LogP contribution is -2.27. The van der Waals surface area contributed by atoms with Crippen LogP contribution in [-0.2, 0) is 0 Å². The maximum atomic E-state index is 13.7. The highest BCUT2D eigenvalue weighted by Crippen LogP contribution is 2.31. The molecular formula is C12H15F2NO. The average molecular weight is 227 g/mol. The zero-order valence-electron chi connectivity index (χ0n) is 9.22. The summed E-state index contributed by atoms with van der Waals surface area (Å²) in [4.78, 5) is 0. The summed E-state index contributed by atoms with van der Waals surface area (Å²) in [5.74, 6) is -1.08. The van der Waals surface area contributed by atoms with Crippen molar-refractivity contribution in [3.8, 4) is 5.75 Å². The molecule has 1 aromatic rings. The van der Waals surface area contributed by atoms with Crippen LogP contribution in [0.5, 0.6) is 5.75 Å². The summed E-state index contributed by atoms with van der Waals surface area (Å²) >= 11 is 0. The molecule has 1 heterocycles. The number of piperidine rings is 1. The second kappa shape index (κ2) is 4.78. The number of ether oxygens (including phenoxy) is 1. The van der Waals surface area contributed by atoms with Crippen LogP contribution in [0.15, 0.2) is 12.1 Å². The van der Waals surface area contributed by atoms with E-state index in [4.69, 9.17) is 4.74 Å². The lowest BCUT2D eigenvalue weighted by atomic mass is 9.89. The number of nitrogens with one attached hydrogen (secondary N) is 1. The summed E-state index contributed by atoms with van der Waals surface area (Å²) in [7, 11) is 1.46. The van der Waals surface area contributed by atoms with Gasteiger partial charge in [0.05, 0.1) is 7.11 Å². The van der Waals surface area contributed by atoms with Crippen molar-refractivity contribution in [1.82, 2.24) is 5.32 Å². The fourth-order valence-corrected chi connectivity index (χ4v) is 2.13. The smallest absolute Gasteiger partial charge is 0.162 e. The molecule has 0 radical (unpaired) electrons. The van der Waals surface area contributed by atoms with Crippen LogP contribution in [0.3, 0.4) is 0 Å². The average Bonchev–Trinajstić information content (AvgIpc) is 2.33. The van der Waals surface area contributed by atoms with E-state index in [-0.39, 0.29) is 5.92 Å². The van der Waals surface area contributed by atoms with E-state index in [1.165, 1.54) is 7.11 Å². The van der Waals surface area contributed by atoms with Gasteiger partial charge in [-0.05, 0) is 43.5 Å². The maximum absolute atomic E-state index is 13.7. The normalized spacial score (nSPS) is 17.4. The quantitative estimate of drug-likeness (QED) is 0.837. The van der Waals surface area contributed by atoms with Crippen molar-refractivity contribution in [1.29, 1.82) is 0 Å². The molecule has 0 atom stereocenters. The Morgan fingerprint density at radius 1 is 1.25 bits per heavy atom. The molecule has 0 unspecified atom stereocenters. The topological polar surface area (TPSA) is 21.3 Å². The first-order valence-electron chi connectivity index (χ1n) is 5.46. The Labute approximate surface area is 93.6 Å². The summed E-state index contributed by atoms with van der Waals surface area (Å²) in [6.07, 6.45) is 1.67. The van der Waals surface area contributed by atoms with Crippen LogP contribution in [0.1, 0.15) is 24.3 Å². The third kappa shape index (κ3) is 2.16. The number of rotatable bonds is 2. The van der Waals surface area contributed by atoms with Crippen molar-refractivity contribution in [3.05, 3.63) is 29.3 Å². The molecule has 1 fully saturated rings. The molecule has 2 nitrogen and oxygen atoms in total. The number of hydrogen-bond acceptors (Lipinski definition) is 2. The van der Waals surface area contributed by atoms with Crippen molar-refractivity contribution in [2.45, 2.75) is 18.8 Å². The monoisotopic (exact) mass is 227 g/mol. The number of hydrogen-bond donors (Lipinski definition) is 1. The molecular weight excluding hydrogens is 212 g/mol. The predicted molar refractivity (Wildman–Crippen MR) is 57.8 cm³/mol. The first-order valence-corrected chi connectivity index (χ1v) is 5.46. The Balaban J connectivity index is 2.33. The van der Waals surface area contributed by atoms with Crippen molar-refractivity contribution < 1.29 is 13.5 Å². The zero-order valence-corrected chi connectivity index (χ0v) is 9.22. The van der Waals surface area contributed by atoms with Crippen molar-refractivity contribution in [2.24, 2.45) is 0 Å². The van der Waals surface area contributed by atoms with Crippen molar-refractivity contribution in [3.63, 3.8) is 0 Å². The SMILES string of the molecule is COc1cc(F)c(F)c(C2CCNCC2)c1. The van der Waals surface area contributed by atoms with Gasteiger partial charge in [-0.3, -0.25) is 0 Å². The highest BCUT2D eigenvalue weighted by molar-refractivity contribution is 5.33. The van der Waals surface area contributed by atoms with Crippen LogP contribution >= 0.6 is 0 Å². The van der Waals surface area contributed by atoms with E-state index in [2.05, 4.69) is 5.32 Å². The van der Waals surface area contributed by atoms with Crippen LogP contribution < -0.4 is 10.1 Å². The summed E-state index contributed by atoms with van der Waals surface area (Å²) in [5, 5.41) is 3.20. The summed E-state index contributed by atoms with van der Waals surface area (Å²) < 4.78 is 31.9. The lowest BCUT2D eigenvalue weighted by Gasteiger charge is -2.23. The Bertz CT molecular complexity index is 376. The van der Waals surface area contributed by atoms with Crippen LogP contribution in [0.4, 0.5) is 8.78 Å². The molecule has 1 aromatic carbocycles. The van der Waals surface area contributed by atoms with E-state index in [9.17, 15) is 8.78 Å². The Hall–Kier alpha value is -1.16. The Morgan fingerprint density at radius 2 is 1.94 bits per heavy atom. The molecule has 16 heavy (non-hydrogen) atoms. The number of halogens is 2. The van der Waals surface area contributed by atoms with Gasteiger partial charge in [0.15, 0.2) is 11.6 Å². The standard InChI is InChI=1S/C12H15F2NO/c1-16-9-6-10(12(14)11(13)7-9)8-2-4-15-5-3-8/h6-8,15H,2-5H2,1H3.